The van der Waals surface area contributed by atoms with Crippen molar-refractivity contribution < 1.29 is 9.53 Å². The molecule has 0 radical (unpaired) electrons. The molecule has 0 bridgehead atoms. The van der Waals surface area contributed by atoms with Gasteiger partial charge >= 0.3 is 0 Å². The molecule has 0 heterocycles. The Morgan fingerprint density at radius 1 is 1.26 bits per heavy atom. The number of ketones is 1. The number of hydrogen-bond acceptors (Lipinski definition) is 2. The Morgan fingerprint density at radius 3 is 2.47 bits per heavy atom. The Balaban J connectivity index is 2.34. The molecule has 0 atom stereocenters. The Hall–Kier alpha value is -1.31. The van der Waals surface area contributed by atoms with E-state index in [0.29, 0.717) is 11.7 Å². The smallest absolute Gasteiger partial charge is 0.172 e. The van der Waals surface area contributed by atoms with Crippen LogP contribution in [0.5, 0.6) is 5.75 Å². The molecule has 1 saturated carbocycles. The molecule has 0 N–H and O–H groups in total. The summed E-state index contributed by atoms with van der Waals surface area (Å²) in [6, 6.07) is 7.62. The van der Waals surface area contributed by atoms with Crippen molar-refractivity contribution >= 4 is 5.78 Å². The molecule has 2 nitrogen and oxygen atoms in total. The molecule has 0 aliphatic heterocycles. The average molecular weight is 260 g/mol. The third kappa shape index (κ3) is 2.83. The van der Waals surface area contributed by atoms with Crippen molar-refractivity contribution in [1.82, 2.24) is 0 Å². The summed E-state index contributed by atoms with van der Waals surface area (Å²) in [5, 5.41) is 0. The molecule has 0 aromatic heterocycles. The third-order valence-electron chi connectivity index (χ3n) is 4.19. The minimum atomic E-state index is -0.150. The number of Topliss-reactive ketones (excluding diaryl/α,β-unsaturated/α-hetero) is 1. The Labute approximate surface area is 116 Å². The van der Waals surface area contributed by atoms with Gasteiger partial charge in [0, 0.05) is 5.41 Å². The van der Waals surface area contributed by atoms with E-state index in [2.05, 4.69) is 13.8 Å². The zero-order chi connectivity index (χ0) is 13.9. The van der Waals surface area contributed by atoms with Crippen molar-refractivity contribution in [3.05, 3.63) is 29.8 Å². The maximum atomic E-state index is 13.0. The van der Waals surface area contributed by atoms with Gasteiger partial charge in [0.2, 0.25) is 0 Å². The fourth-order valence-corrected chi connectivity index (χ4v) is 3.48. The summed E-state index contributed by atoms with van der Waals surface area (Å²) in [5.74, 6) is 1.55. The van der Waals surface area contributed by atoms with Gasteiger partial charge in [-0.2, -0.15) is 0 Å². The van der Waals surface area contributed by atoms with Gasteiger partial charge in [0.25, 0.3) is 0 Å². The van der Waals surface area contributed by atoms with Gasteiger partial charge in [0.1, 0.15) is 5.75 Å². The highest BCUT2D eigenvalue weighted by atomic mass is 16.5. The number of methoxy groups -OCH3 is 1. The van der Waals surface area contributed by atoms with E-state index < -0.39 is 0 Å². The lowest BCUT2D eigenvalue weighted by Crippen LogP contribution is -2.30. The maximum absolute atomic E-state index is 13.0. The molecular weight excluding hydrogens is 236 g/mol. The van der Waals surface area contributed by atoms with E-state index in [4.69, 9.17) is 4.74 Å². The Kier molecular flexibility index (Phi) is 4.28. The van der Waals surface area contributed by atoms with Crippen LogP contribution in [0.4, 0.5) is 0 Å². The lowest BCUT2D eigenvalue weighted by molar-refractivity contribution is 0.0756. The topological polar surface area (TPSA) is 26.3 Å². The lowest BCUT2D eigenvalue weighted by atomic mass is 9.73. The maximum Gasteiger partial charge on any atom is 0.172 e. The van der Waals surface area contributed by atoms with Crippen LogP contribution in [-0.4, -0.2) is 12.9 Å². The van der Waals surface area contributed by atoms with Crippen molar-refractivity contribution in [3.63, 3.8) is 0 Å². The summed E-state index contributed by atoms with van der Waals surface area (Å²) < 4.78 is 5.36. The Morgan fingerprint density at radius 2 is 1.89 bits per heavy atom. The van der Waals surface area contributed by atoms with Crippen molar-refractivity contribution in [3.8, 4) is 5.75 Å². The predicted molar refractivity (Wildman–Crippen MR) is 77.7 cm³/mol. The zero-order valence-electron chi connectivity index (χ0n) is 12.2. The van der Waals surface area contributed by atoms with Gasteiger partial charge in [-0.15, -0.1) is 0 Å². The quantitative estimate of drug-likeness (QED) is 0.729. The van der Waals surface area contributed by atoms with Gasteiger partial charge in [-0.25, -0.2) is 0 Å². The SMILES string of the molecule is COc1ccccc1C(=O)C1(CC(C)C)CCCC1. The summed E-state index contributed by atoms with van der Waals surface area (Å²) >= 11 is 0. The van der Waals surface area contributed by atoms with Crippen LogP contribution in [0.15, 0.2) is 24.3 Å². The molecule has 0 amide bonds. The van der Waals surface area contributed by atoms with Gasteiger partial charge in [0.15, 0.2) is 5.78 Å². The number of ether oxygens (including phenoxy) is 1. The summed E-state index contributed by atoms with van der Waals surface area (Å²) in [6.07, 6.45) is 5.40. The third-order valence-corrected chi connectivity index (χ3v) is 4.19. The normalized spacial score (nSPS) is 17.7. The van der Waals surface area contributed by atoms with E-state index in [1.807, 2.05) is 24.3 Å². The van der Waals surface area contributed by atoms with E-state index in [-0.39, 0.29) is 11.2 Å². The molecule has 1 aliphatic carbocycles. The second kappa shape index (κ2) is 5.77. The molecule has 1 aromatic carbocycles. The minimum absolute atomic E-state index is 0.150. The number of benzene rings is 1. The highest BCUT2D eigenvalue weighted by Gasteiger charge is 2.42. The number of hydrogen-bond donors (Lipinski definition) is 0. The predicted octanol–water partition coefficient (Wildman–Crippen LogP) is 4.48. The zero-order valence-corrected chi connectivity index (χ0v) is 12.2. The largest absolute Gasteiger partial charge is 0.496 e. The summed E-state index contributed by atoms with van der Waals surface area (Å²) in [7, 11) is 1.63. The van der Waals surface area contributed by atoms with Crippen molar-refractivity contribution in [2.24, 2.45) is 11.3 Å². The molecule has 104 valence electrons. The minimum Gasteiger partial charge on any atom is -0.496 e. The van der Waals surface area contributed by atoms with E-state index >= 15 is 0 Å². The van der Waals surface area contributed by atoms with Gasteiger partial charge in [-0.3, -0.25) is 4.79 Å². The second-order valence-corrected chi connectivity index (χ2v) is 6.11. The van der Waals surface area contributed by atoms with Gasteiger partial charge < -0.3 is 4.74 Å². The van der Waals surface area contributed by atoms with Gasteiger partial charge in [-0.1, -0.05) is 38.8 Å². The van der Waals surface area contributed by atoms with Gasteiger partial charge in [-0.05, 0) is 37.3 Å². The molecule has 0 unspecified atom stereocenters. The molecule has 1 fully saturated rings. The van der Waals surface area contributed by atoms with Crippen molar-refractivity contribution in [2.75, 3.05) is 7.11 Å². The van der Waals surface area contributed by atoms with E-state index in [1.54, 1.807) is 7.11 Å². The Bertz CT molecular complexity index is 442. The van der Waals surface area contributed by atoms with Crippen LogP contribution < -0.4 is 4.74 Å². The first-order valence-electron chi connectivity index (χ1n) is 7.27. The van der Waals surface area contributed by atoms with Crippen LogP contribution in [0, 0.1) is 11.3 Å². The lowest BCUT2D eigenvalue weighted by Gasteiger charge is -2.30. The molecule has 2 heteroatoms. The molecule has 0 saturated heterocycles. The fraction of sp³-hybridized carbons (Fsp3) is 0.588. The first kappa shape index (κ1) is 14.1. The highest BCUT2D eigenvalue weighted by Crippen LogP contribution is 2.46. The van der Waals surface area contributed by atoms with Crippen molar-refractivity contribution in [2.45, 2.75) is 46.0 Å². The number of carbonyl (C=O) groups is 1. The summed E-state index contributed by atoms with van der Waals surface area (Å²) in [5.41, 5.74) is 0.607. The van der Waals surface area contributed by atoms with Crippen LogP contribution in [0.3, 0.4) is 0 Å². The van der Waals surface area contributed by atoms with Crippen LogP contribution in [-0.2, 0) is 0 Å². The monoisotopic (exact) mass is 260 g/mol. The molecule has 1 aromatic rings. The van der Waals surface area contributed by atoms with Crippen LogP contribution in [0.25, 0.3) is 0 Å². The second-order valence-electron chi connectivity index (χ2n) is 6.11. The summed E-state index contributed by atoms with van der Waals surface area (Å²) in [4.78, 5) is 13.0. The van der Waals surface area contributed by atoms with E-state index in [9.17, 15) is 4.79 Å². The standard InChI is InChI=1S/C17H24O2/c1-13(2)12-17(10-6-7-11-17)16(18)14-8-4-5-9-15(14)19-3/h4-5,8-9,13H,6-7,10-12H2,1-3H3. The molecule has 19 heavy (non-hydrogen) atoms. The average Bonchev–Trinajstić information content (AvgIpc) is 2.86. The first-order chi connectivity index (χ1) is 9.09. The van der Waals surface area contributed by atoms with E-state index in [1.165, 1.54) is 12.8 Å². The first-order valence-corrected chi connectivity index (χ1v) is 7.27. The molecule has 0 spiro atoms. The number of para-hydroxylation sites is 1. The van der Waals surface area contributed by atoms with Crippen LogP contribution in [0.1, 0.15) is 56.3 Å². The fourth-order valence-electron chi connectivity index (χ4n) is 3.48. The molecule has 2 rings (SSSR count). The van der Waals surface area contributed by atoms with E-state index in [0.717, 1.165) is 24.8 Å². The van der Waals surface area contributed by atoms with Crippen LogP contribution in [0.2, 0.25) is 0 Å². The highest BCUT2D eigenvalue weighted by molar-refractivity contribution is 6.03. The van der Waals surface area contributed by atoms with Gasteiger partial charge in [0.05, 0.1) is 12.7 Å². The molecular formula is C17H24O2. The number of carbonyl (C=O) groups excluding carboxylic acids is 1. The molecule has 1 aliphatic rings. The summed E-state index contributed by atoms with van der Waals surface area (Å²) in [6.45, 7) is 4.41. The van der Waals surface area contributed by atoms with Crippen LogP contribution >= 0.6 is 0 Å². The van der Waals surface area contributed by atoms with Crippen molar-refractivity contribution in [1.29, 1.82) is 0 Å². The number of rotatable bonds is 5.